The third-order valence-electron chi connectivity index (χ3n) is 3.68. The summed E-state index contributed by atoms with van der Waals surface area (Å²) in [6, 6.07) is 8.20. The van der Waals surface area contributed by atoms with Gasteiger partial charge in [-0.2, -0.15) is 0 Å². The fraction of sp³-hybridized carbons (Fsp3) is 0.438. The number of hydrogen-bond donors (Lipinski definition) is 2. The minimum atomic E-state index is -0.592. The zero-order valence-corrected chi connectivity index (χ0v) is 12.9. The molecule has 0 saturated heterocycles. The molecule has 1 aromatic heterocycles. The number of fused-ring (bicyclic) bond motifs is 1. The van der Waals surface area contributed by atoms with Gasteiger partial charge in [0.2, 0.25) is 0 Å². The molecule has 1 aliphatic heterocycles. The van der Waals surface area contributed by atoms with Crippen LogP contribution in [0.3, 0.4) is 0 Å². The molecule has 2 atom stereocenters. The Hall–Kier alpha value is -1.23. The highest BCUT2D eigenvalue weighted by molar-refractivity contribution is 7.09. The van der Waals surface area contributed by atoms with Crippen LogP contribution in [0.15, 0.2) is 29.6 Å². The lowest BCUT2D eigenvalue weighted by Crippen LogP contribution is -2.21. The van der Waals surface area contributed by atoms with Crippen molar-refractivity contribution in [3.05, 3.63) is 51.5 Å². The molecule has 0 fully saturated rings. The van der Waals surface area contributed by atoms with Crippen molar-refractivity contribution in [1.29, 1.82) is 0 Å². The van der Waals surface area contributed by atoms with Gasteiger partial charge in [-0.3, -0.25) is 0 Å². The second-order valence-electron chi connectivity index (χ2n) is 6.33. The smallest absolute Gasteiger partial charge is 0.116 e. The standard InChI is InChI=1S/C16H20N2OS/c1-16(2,3)15-18-12(9-20-15)14(19)13-11-7-5-4-6-10(11)8-17-13/h4-7,9,13-14,17,19H,8H2,1-3H3. The summed E-state index contributed by atoms with van der Waals surface area (Å²) in [7, 11) is 0. The first kappa shape index (κ1) is 13.7. The van der Waals surface area contributed by atoms with E-state index in [0.29, 0.717) is 0 Å². The molecule has 0 spiro atoms. The summed E-state index contributed by atoms with van der Waals surface area (Å²) in [6.07, 6.45) is -0.592. The van der Waals surface area contributed by atoms with Crippen LogP contribution in [-0.4, -0.2) is 10.1 Å². The van der Waals surface area contributed by atoms with Gasteiger partial charge >= 0.3 is 0 Å². The monoisotopic (exact) mass is 288 g/mol. The van der Waals surface area contributed by atoms with Crippen LogP contribution in [0.25, 0.3) is 0 Å². The molecule has 0 aliphatic carbocycles. The summed E-state index contributed by atoms with van der Waals surface area (Å²) < 4.78 is 0. The van der Waals surface area contributed by atoms with Gasteiger partial charge in [-0.15, -0.1) is 11.3 Å². The summed E-state index contributed by atoms with van der Waals surface area (Å²) >= 11 is 1.63. The second kappa shape index (κ2) is 4.95. The third-order valence-corrected chi connectivity index (χ3v) is 4.97. The molecule has 3 rings (SSSR count). The Kier molecular flexibility index (Phi) is 3.40. The predicted octanol–water partition coefficient (Wildman–Crippen LogP) is 3.32. The van der Waals surface area contributed by atoms with E-state index in [2.05, 4.69) is 43.2 Å². The Balaban J connectivity index is 1.87. The van der Waals surface area contributed by atoms with Crippen molar-refractivity contribution in [3.8, 4) is 0 Å². The summed E-state index contributed by atoms with van der Waals surface area (Å²) in [5, 5.41) is 17.1. The highest BCUT2D eigenvalue weighted by Crippen LogP contribution is 2.36. The molecule has 3 nitrogen and oxygen atoms in total. The van der Waals surface area contributed by atoms with Crippen LogP contribution in [-0.2, 0) is 12.0 Å². The molecule has 0 amide bonds. The maximum atomic E-state index is 10.6. The number of nitrogens with zero attached hydrogens (tertiary/aromatic N) is 1. The molecule has 0 radical (unpaired) electrons. The average molecular weight is 288 g/mol. The normalized spacial score (nSPS) is 19.9. The number of thiazole rings is 1. The molecule has 2 unspecified atom stereocenters. The summed E-state index contributed by atoms with van der Waals surface area (Å²) in [6.45, 7) is 7.25. The molecule has 106 valence electrons. The van der Waals surface area contributed by atoms with Crippen LogP contribution < -0.4 is 5.32 Å². The number of aliphatic hydroxyl groups excluding tert-OH is 1. The largest absolute Gasteiger partial charge is 0.385 e. The lowest BCUT2D eigenvalue weighted by Gasteiger charge is -2.18. The van der Waals surface area contributed by atoms with E-state index in [1.807, 2.05) is 17.5 Å². The Labute approximate surface area is 123 Å². The lowest BCUT2D eigenvalue weighted by molar-refractivity contribution is 0.129. The maximum absolute atomic E-state index is 10.6. The molecule has 4 heteroatoms. The van der Waals surface area contributed by atoms with Crippen molar-refractivity contribution in [2.75, 3.05) is 0 Å². The topological polar surface area (TPSA) is 45.2 Å². The molecule has 20 heavy (non-hydrogen) atoms. The van der Waals surface area contributed by atoms with Crippen LogP contribution in [0.1, 0.15) is 54.7 Å². The number of aromatic nitrogens is 1. The third kappa shape index (κ3) is 2.39. The van der Waals surface area contributed by atoms with Crippen LogP contribution in [0.4, 0.5) is 0 Å². The first-order valence-corrected chi connectivity index (χ1v) is 7.80. The van der Waals surface area contributed by atoms with Gasteiger partial charge in [-0.1, -0.05) is 45.0 Å². The first-order chi connectivity index (χ1) is 9.47. The quantitative estimate of drug-likeness (QED) is 0.891. The van der Waals surface area contributed by atoms with Crippen molar-refractivity contribution in [1.82, 2.24) is 10.3 Å². The van der Waals surface area contributed by atoms with Gasteiger partial charge in [-0.05, 0) is 11.1 Å². The highest BCUT2D eigenvalue weighted by atomic mass is 32.1. The molecule has 0 bridgehead atoms. The fourth-order valence-corrected chi connectivity index (χ4v) is 3.48. The average Bonchev–Trinajstić information content (AvgIpc) is 3.04. The van der Waals surface area contributed by atoms with Gasteiger partial charge in [-0.25, -0.2) is 4.98 Å². The van der Waals surface area contributed by atoms with Gasteiger partial charge in [0.15, 0.2) is 0 Å². The number of benzene rings is 1. The maximum Gasteiger partial charge on any atom is 0.116 e. The lowest BCUT2D eigenvalue weighted by atomic mass is 9.97. The van der Waals surface area contributed by atoms with Gasteiger partial charge in [0.1, 0.15) is 6.10 Å². The molecule has 2 aromatic rings. The van der Waals surface area contributed by atoms with Gasteiger partial charge in [0.05, 0.1) is 16.7 Å². The van der Waals surface area contributed by atoms with Crippen molar-refractivity contribution >= 4 is 11.3 Å². The number of rotatable bonds is 2. The van der Waals surface area contributed by atoms with E-state index < -0.39 is 6.10 Å². The Morgan fingerprint density at radius 2 is 2.10 bits per heavy atom. The van der Waals surface area contributed by atoms with Crippen molar-refractivity contribution < 1.29 is 5.11 Å². The molecule has 2 N–H and O–H groups in total. The van der Waals surface area contributed by atoms with E-state index in [1.165, 1.54) is 11.1 Å². The van der Waals surface area contributed by atoms with Crippen LogP contribution in [0.5, 0.6) is 0 Å². The van der Waals surface area contributed by atoms with Gasteiger partial charge < -0.3 is 10.4 Å². The number of nitrogens with one attached hydrogen (secondary N) is 1. The Morgan fingerprint density at radius 3 is 2.80 bits per heavy atom. The van der Waals surface area contributed by atoms with E-state index in [0.717, 1.165) is 17.2 Å². The minimum Gasteiger partial charge on any atom is -0.385 e. The molecule has 1 aliphatic rings. The zero-order chi connectivity index (χ0) is 14.3. The molecule has 0 saturated carbocycles. The van der Waals surface area contributed by atoms with E-state index in [1.54, 1.807) is 11.3 Å². The molecule has 1 aromatic carbocycles. The van der Waals surface area contributed by atoms with Crippen LogP contribution in [0, 0.1) is 0 Å². The SMILES string of the molecule is CC(C)(C)c1nc(C(O)C2NCc3ccccc32)cs1. The summed E-state index contributed by atoms with van der Waals surface area (Å²) in [5.74, 6) is 0. The van der Waals surface area contributed by atoms with E-state index >= 15 is 0 Å². The van der Waals surface area contributed by atoms with Crippen LogP contribution in [0.2, 0.25) is 0 Å². The zero-order valence-electron chi connectivity index (χ0n) is 12.1. The Bertz CT molecular complexity index is 615. The predicted molar refractivity (Wildman–Crippen MR) is 81.8 cm³/mol. The van der Waals surface area contributed by atoms with E-state index in [4.69, 9.17) is 0 Å². The van der Waals surface area contributed by atoms with E-state index in [-0.39, 0.29) is 11.5 Å². The van der Waals surface area contributed by atoms with Crippen LogP contribution >= 0.6 is 11.3 Å². The summed E-state index contributed by atoms with van der Waals surface area (Å²) in [5.41, 5.74) is 3.26. The van der Waals surface area contributed by atoms with E-state index in [9.17, 15) is 5.11 Å². The Morgan fingerprint density at radius 1 is 1.35 bits per heavy atom. The minimum absolute atomic E-state index is 0.0314. The van der Waals surface area contributed by atoms with Crippen molar-refractivity contribution in [2.24, 2.45) is 0 Å². The molecular formula is C16H20N2OS. The molecule has 2 heterocycles. The fourth-order valence-electron chi connectivity index (χ4n) is 2.55. The van der Waals surface area contributed by atoms with Gasteiger partial charge in [0.25, 0.3) is 0 Å². The number of aliphatic hydroxyl groups is 1. The number of hydrogen-bond acceptors (Lipinski definition) is 4. The summed E-state index contributed by atoms with van der Waals surface area (Å²) in [4.78, 5) is 4.63. The molecular weight excluding hydrogens is 268 g/mol. The van der Waals surface area contributed by atoms with Crippen molar-refractivity contribution in [2.45, 2.75) is 44.9 Å². The highest BCUT2D eigenvalue weighted by Gasteiger charge is 2.31. The second-order valence-corrected chi connectivity index (χ2v) is 7.19. The van der Waals surface area contributed by atoms with Crippen molar-refractivity contribution in [3.63, 3.8) is 0 Å². The van der Waals surface area contributed by atoms with Gasteiger partial charge in [0, 0.05) is 17.3 Å². The first-order valence-electron chi connectivity index (χ1n) is 6.92.